The lowest BCUT2D eigenvalue weighted by Crippen LogP contribution is -1.99. The van der Waals surface area contributed by atoms with Crippen LogP contribution in [-0.4, -0.2) is 16.9 Å². The summed E-state index contributed by atoms with van der Waals surface area (Å²) in [4.78, 5) is -0.0555. The summed E-state index contributed by atoms with van der Waals surface area (Å²) >= 11 is 9.41. The smallest absolute Gasteiger partial charge is 0.127 e. The van der Waals surface area contributed by atoms with Crippen LogP contribution < -0.4 is 0 Å². The maximum Gasteiger partial charge on any atom is 0.127 e. The normalized spacial score (nSPS) is 12.6. The van der Waals surface area contributed by atoms with Gasteiger partial charge in [-0.3, -0.25) is 0 Å². The van der Waals surface area contributed by atoms with Crippen molar-refractivity contribution >= 4 is 27.5 Å². The summed E-state index contributed by atoms with van der Waals surface area (Å²) in [5, 5.41) is 13.6. The number of alkyl halides is 1. The third-order valence-electron chi connectivity index (χ3n) is 2.46. The average molecular weight is 317 g/mol. The number of hydrogen-bond donors (Lipinski definition) is 1. The molecule has 0 aliphatic rings. The molecule has 1 aromatic heterocycles. The molecule has 0 spiro atoms. The first-order valence-electron chi connectivity index (χ1n) is 5.16. The Bertz CT molecular complexity index is 484. The van der Waals surface area contributed by atoms with E-state index in [1.165, 1.54) is 0 Å². The van der Waals surface area contributed by atoms with Gasteiger partial charge in [0.1, 0.15) is 12.0 Å². The molecule has 0 saturated carbocycles. The third-order valence-corrected chi connectivity index (χ3v) is 3.67. The van der Waals surface area contributed by atoms with E-state index in [2.05, 4.69) is 21.1 Å². The van der Waals surface area contributed by atoms with Crippen molar-refractivity contribution in [1.82, 2.24) is 5.16 Å². The van der Waals surface area contributed by atoms with E-state index < -0.39 is 0 Å². The zero-order chi connectivity index (χ0) is 12.3. The molecule has 0 radical (unpaired) electrons. The summed E-state index contributed by atoms with van der Waals surface area (Å²) in [6.07, 6.45) is 2.10. The van der Waals surface area contributed by atoms with Crippen molar-refractivity contribution in [3.05, 3.63) is 52.4 Å². The first-order valence-corrected chi connectivity index (χ1v) is 6.45. The molecule has 0 aliphatic carbocycles. The second-order valence-corrected chi connectivity index (χ2v) is 4.96. The predicted octanol–water partition coefficient (Wildman–Crippen LogP) is 3.35. The van der Waals surface area contributed by atoms with E-state index >= 15 is 0 Å². The van der Waals surface area contributed by atoms with Crippen LogP contribution in [0.4, 0.5) is 0 Å². The topological polar surface area (TPSA) is 46.3 Å². The van der Waals surface area contributed by atoms with Crippen molar-refractivity contribution in [1.29, 1.82) is 0 Å². The number of hydrogen-bond acceptors (Lipinski definition) is 3. The van der Waals surface area contributed by atoms with Crippen LogP contribution in [0.15, 0.2) is 35.1 Å². The minimum absolute atomic E-state index is 0.0555. The van der Waals surface area contributed by atoms with Crippen LogP contribution in [0.2, 0.25) is 5.02 Å². The van der Waals surface area contributed by atoms with Crippen molar-refractivity contribution in [3.63, 3.8) is 0 Å². The maximum atomic E-state index is 8.95. The average Bonchev–Trinajstić information content (AvgIpc) is 2.78. The third kappa shape index (κ3) is 2.89. The Morgan fingerprint density at radius 1 is 1.35 bits per heavy atom. The summed E-state index contributed by atoms with van der Waals surface area (Å²) < 4.78 is 4.95. The highest BCUT2D eigenvalue weighted by molar-refractivity contribution is 9.09. The van der Waals surface area contributed by atoms with Crippen LogP contribution in [-0.2, 0) is 6.42 Å². The highest BCUT2D eigenvalue weighted by Gasteiger charge is 2.18. The number of nitrogens with zero attached hydrogens (tertiary/aromatic N) is 1. The summed E-state index contributed by atoms with van der Waals surface area (Å²) in [7, 11) is 0. The van der Waals surface area contributed by atoms with Crippen LogP contribution in [0.1, 0.15) is 21.6 Å². The Morgan fingerprint density at radius 2 is 2.06 bits per heavy atom. The molecule has 90 valence electrons. The SMILES string of the molecule is OCCc1conc1[C@@H](Br)c1ccc(Cl)cc1. The van der Waals surface area contributed by atoms with E-state index in [4.69, 9.17) is 21.2 Å². The second kappa shape index (κ2) is 5.67. The van der Waals surface area contributed by atoms with Crippen LogP contribution in [0.3, 0.4) is 0 Å². The number of rotatable bonds is 4. The summed E-state index contributed by atoms with van der Waals surface area (Å²) in [5.41, 5.74) is 2.74. The summed E-state index contributed by atoms with van der Waals surface area (Å²) in [5.74, 6) is 0. The molecule has 0 amide bonds. The Morgan fingerprint density at radius 3 is 2.71 bits per heavy atom. The maximum absolute atomic E-state index is 8.95. The van der Waals surface area contributed by atoms with E-state index in [1.54, 1.807) is 6.26 Å². The van der Waals surface area contributed by atoms with Gasteiger partial charge >= 0.3 is 0 Å². The van der Waals surface area contributed by atoms with Crippen LogP contribution in [0.5, 0.6) is 0 Å². The van der Waals surface area contributed by atoms with Gasteiger partial charge in [0.15, 0.2) is 0 Å². The van der Waals surface area contributed by atoms with Crippen LogP contribution in [0, 0.1) is 0 Å². The fraction of sp³-hybridized carbons (Fsp3) is 0.250. The number of benzene rings is 1. The van der Waals surface area contributed by atoms with Crippen molar-refractivity contribution in [2.75, 3.05) is 6.61 Å². The molecule has 1 heterocycles. The van der Waals surface area contributed by atoms with Gasteiger partial charge in [0, 0.05) is 23.6 Å². The molecule has 1 atom stereocenters. The largest absolute Gasteiger partial charge is 0.396 e. The molecular formula is C12H11BrClNO2. The molecule has 0 unspecified atom stereocenters. The van der Waals surface area contributed by atoms with Crippen LogP contribution in [0.25, 0.3) is 0 Å². The number of halogens is 2. The van der Waals surface area contributed by atoms with E-state index in [1.807, 2.05) is 24.3 Å². The molecule has 2 aromatic rings. The standard InChI is InChI=1S/C12H11BrClNO2/c13-11(8-1-3-10(14)4-2-8)12-9(5-6-16)7-17-15-12/h1-4,7,11,16H,5-6H2/t11-/m0/s1. The molecule has 0 bridgehead atoms. The number of aromatic nitrogens is 1. The zero-order valence-corrected chi connectivity index (χ0v) is 11.3. The first-order chi connectivity index (χ1) is 8.22. The van der Waals surface area contributed by atoms with Gasteiger partial charge in [0.2, 0.25) is 0 Å². The fourth-order valence-electron chi connectivity index (χ4n) is 1.57. The molecule has 3 nitrogen and oxygen atoms in total. The van der Waals surface area contributed by atoms with E-state index in [-0.39, 0.29) is 11.4 Å². The molecule has 1 aromatic carbocycles. The fourth-order valence-corrected chi connectivity index (χ4v) is 2.38. The lowest BCUT2D eigenvalue weighted by atomic mass is 10.1. The molecular weight excluding hydrogens is 305 g/mol. The van der Waals surface area contributed by atoms with Crippen molar-refractivity contribution in [2.24, 2.45) is 0 Å². The zero-order valence-electron chi connectivity index (χ0n) is 8.94. The Balaban J connectivity index is 2.26. The molecule has 1 N–H and O–H groups in total. The summed E-state index contributed by atoms with van der Waals surface area (Å²) in [6.45, 7) is 0.0779. The minimum atomic E-state index is -0.0555. The Hall–Kier alpha value is -0.840. The molecule has 17 heavy (non-hydrogen) atoms. The molecule has 0 fully saturated rings. The van der Waals surface area contributed by atoms with Gasteiger partial charge in [0.05, 0.1) is 4.83 Å². The Kier molecular flexibility index (Phi) is 4.20. The number of aliphatic hydroxyl groups is 1. The first kappa shape index (κ1) is 12.6. The van der Waals surface area contributed by atoms with Crippen molar-refractivity contribution < 1.29 is 9.63 Å². The van der Waals surface area contributed by atoms with Crippen LogP contribution >= 0.6 is 27.5 Å². The quantitative estimate of drug-likeness (QED) is 0.880. The van der Waals surface area contributed by atoms with Gasteiger partial charge in [-0.2, -0.15) is 0 Å². The van der Waals surface area contributed by atoms with Gasteiger partial charge < -0.3 is 9.63 Å². The lowest BCUT2D eigenvalue weighted by molar-refractivity contribution is 0.299. The Labute approximate surface area is 113 Å². The van der Waals surface area contributed by atoms with E-state index in [0.29, 0.717) is 11.4 Å². The molecule has 0 aliphatic heterocycles. The van der Waals surface area contributed by atoms with Gasteiger partial charge in [-0.15, -0.1) is 0 Å². The predicted molar refractivity (Wildman–Crippen MR) is 69.5 cm³/mol. The highest BCUT2D eigenvalue weighted by atomic mass is 79.9. The van der Waals surface area contributed by atoms with Crippen molar-refractivity contribution in [3.8, 4) is 0 Å². The van der Waals surface area contributed by atoms with Gasteiger partial charge in [-0.25, -0.2) is 0 Å². The summed E-state index contributed by atoms with van der Waals surface area (Å²) in [6, 6.07) is 7.52. The monoisotopic (exact) mass is 315 g/mol. The molecule has 2 rings (SSSR count). The van der Waals surface area contributed by atoms with Gasteiger partial charge in [0.25, 0.3) is 0 Å². The van der Waals surface area contributed by atoms with Crippen molar-refractivity contribution in [2.45, 2.75) is 11.2 Å². The van der Waals surface area contributed by atoms with E-state index in [0.717, 1.165) is 16.8 Å². The van der Waals surface area contributed by atoms with Gasteiger partial charge in [-0.05, 0) is 17.7 Å². The number of aliphatic hydroxyl groups excluding tert-OH is 1. The minimum Gasteiger partial charge on any atom is -0.396 e. The lowest BCUT2D eigenvalue weighted by Gasteiger charge is -2.08. The highest BCUT2D eigenvalue weighted by Crippen LogP contribution is 2.32. The second-order valence-electron chi connectivity index (χ2n) is 3.61. The molecule has 0 saturated heterocycles. The molecule has 5 heteroatoms. The van der Waals surface area contributed by atoms with Gasteiger partial charge in [-0.1, -0.05) is 44.8 Å². The van der Waals surface area contributed by atoms with E-state index in [9.17, 15) is 0 Å².